The highest BCUT2D eigenvalue weighted by molar-refractivity contribution is 9.10. The predicted octanol–water partition coefficient (Wildman–Crippen LogP) is 5.41. The Hall–Kier alpha value is -0.940. The minimum absolute atomic E-state index is 0.269. The van der Waals surface area contributed by atoms with E-state index in [9.17, 15) is 8.78 Å². The summed E-state index contributed by atoms with van der Waals surface area (Å²) in [6, 6.07) is 7.87. The molecule has 0 aromatic heterocycles. The lowest BCUT2D eigenvalue weighted by molar-refractivity contribution is 0.612. The van der Waals surface area contributed by atoms with E-state index in [-0.39, 0.29) is 11.6 Å². The molecule has 100 valence electrons. The summed E-state index contributed by atoms with van der Waals surface area (Å²) in [6.07, 6.45) is 0. The van der Waals surface area contributed by atoms with Crippen LogP contribution in [0, 0.1) is 18.6 Å². The SMILES string of the molecule is Cc1cc(F)c(Br)cc1NCc1cc(Br)ccc1F. The van der Waals surface area contributed by atoms with E-state index >= 15 is 0 Å². The maximum absolute atomic E-state index is 13.6. The first kappa shape index (κ1) is 14.5. The molecule has 5 heteroatoms. The van der Waals surface area contributed by atoms with Crippen LogP contribution in [0.5, 0.6) is 0 Å². The second kappa shape index (κ2) is 6.01. The van der Waals surface area contributed by atoms with Crippen molar-refractivity contribution in [2.45, 2.75) is 13.5 Å². The highest BCUT2D eigenvalue weighted by Crippen LogP contribution is 2.25. The first-order chi connectivity index (χ1) is 8.97. The Morgan fingerprint density at radius 2 is 1.79 bits per heavy atom. The second-order valence-corrected chi connectivity index (χ2v) is 5.94. The van der Waals surface area contributed by atoms with Crippen LogP contribution < -0.4 is 5.32 Å². The molecule has 19 heavy (non-hydrogen) atoms. The van der Waals surface area contributed by atoms with Crippen molar-refractivity contribution in [2.75, 3.05) is 5.32 Å². The fraction of sp³-hybridized carbons (Fsp3) is 0.143. The number of rotatable bonds is 3. The van der Waals surface area contributed by atoms with E-state index < -0.39 is 0 Å². The summed E-state index contributed by atoms with van der Waals surface area (Å²) in [5, 5.41) is 3.11. The number of nitrogens with one attached hydrogen (secondary N) is 1. The van der Waals surface area contributed by atoms with E-state index in [1.54, 1.807) is 25.1 Å². The smallest absolute Gasteiger partial charge is 0.137 e. The molecule has 0 unspecified atom stereocenters. The molecule has 0 bridgehead atoms. The molecule has 0 aliphatic heterocycles. The minimum Gasteiger partial charge on any atom is -0.381 e. The van der Waals surface area contributed by atoms with E-state index in [1.807, 2.05) is 0 Å². The third kappa shape index (κ3) is 3.54. The predicted molar refractivity (Wildman–Crippen MR) is 80.3 cm³/mol. The first-order valence-electron chi connectivity index (χ1n) is 5.61. The molecule has 0 atom stereocenters. The lowest BCUT2D eigenvalue weighted by Crippen LogP contribution is -2.03. The zero-order valence-electron chi connectivity index (χ0n) is 10.1. The number of hydrogen-bond acceptors (Lipinski definition) is 1. The van der Waals surface area contributed by atoms with Crippen LogP contribution in [0.2, 0.25) is 0 Å². The third-order valence-corrected chi connectivity index (χ3v) is 3.85. The Labute approximate surface area is 127 Å². The summed E-state index contributed by atoms with van der Waals surface area (Å²) in [5.74, 6) is -0.578. The molecular weight excluding hydrogens is 380 g/mol. The Bertz CT molecular complexity index is 615. The van der Waals surface area contributed by atoms with Gasteiger partial charge in [-0.1, -0.05) is 15.9 Å². The molecule has 0 spiro atoms. The van der Waals surface area contributed by atoms with Gasteiger partial charge in [0, 0.05) is 22.3 Å². The molecule has 0 heterocycles. The number of halogens is 4. The van der Waals surface area contributed by atoms with Crippen molar-refractivity contribution in [1.82, 2.24) is 0 Å². The third-order valence-electron chi connectivity index (χ3n) is 2.74. The van der Waals surface area contributed by atoms with Crippen LogP contribution in [-0.2, 0) is 6.54 Å². The monoisotopic (exact) mass is 389 g/mol. The Morgan fingerprint density at radius 3 is 2.53 bits per heavy atom. The van der Waals surface area contributed by atoms with Gasteiger partial charge in [0.15, 0.2) is 0 Å². The van der Waals surface area contributed by atoms with Crippen LogP contribution in [0.4, 0.5) is 14.5 Å². The normalized spacial score (nSPS) is 10.6. The number of aryl methyl sites for hydroxylation is 1. The zero-order chi connectivity index (χ0) is 14.0. The molecule has 1 N–H and O–H groups in total. The van der Waals surface area contributed by atoms with Crippen LogP contribution in [-0.4, -0.2) is 0 Å². The van der Waals surface area contributed by atoms with Gasteiger partial charge in [0.1, 0.15) is 11.6 Å². The molecule has 0 radical (unpaired) electrons. The zero-order valence-corrected chi connectivity index (χ0v) is 13.3. The van der Waals surface area contributed by atoms with Crippen LogP contribution >= 0.6 is 31.9 Å². The van der Waals surface area contributed by atoms with E-state index in [4.69, 9.17) is 0 Å². The van der Waals surface area contributed by atoms with Crippen molar-refractivity contribution in [2.24, 2.45) is 0 Å². The van der Waals surface area contributed by atoms with Crippen LogP contribution in [0.25, 0.3) is 0 Å². The van der Waals surface area contributed by atoms with Gasteiger partial charge in [-0.3, -0.25) is 0 Å². The molecule has 2 rings (SSSR count). The van der Waals surface area contributed by atoms with Gasteiger partial charge in [0.25, 0.3) is 0 Å². The van der Waals surface area contributed by atoms with Crippen LogP contribution in [0.15, 0.2) is 39.3 Å². The van der Waals surface area contributed by atoms with Crippen molar-refractivity contribution < 1.29 is 8.78 Å². The highest BCUT2D eigenvalue weighted by atomic mass is 79.9. The lowest BCUT2D eigenvalue weighted by Gasteiger charge is -2.11. The van der Waals surface area contributed by atoms with Gasteiger partial charge in [-0.05, 0) is 58.7 Å². The Kier molecular flexibility index (Phi) is 4.58. The van der Waals surface area contributed by atoms with E-state index in [0.29, 0.717) is 16.6 Å². The number of hydrogen-bond donors (Lipinski definition) is 1. The van der Waals surface area contributed by atoms with Gasteiger partial charge in [-0.2, -0.15) is 0 Å². The topological polar surface area (TPSA) is 12.0 Å². The summed E-state index contributed by atoms with van der Waals surface area (Å²) in [6.45, 7) is 2.14. The molecule has 2 aromatic rings. The van der Waals surface area contributed by atoms with Crippen LogP contribution in [0.3, 0.4) is 0 Å². The molecule has 0 aliphatic carbocycles. The fourth-order valence-corrected chi connectivity index (χ4v) is 2.46. The van der Waals surface area contributed by atoms with Gasteiger partial charge in [0.2, 0.25) is 0 Å². The first-order valence-corrected chi connectivity index (χ1v) is 7.19. The van der Waals surface area contributed by atoms with Crippen molar-refractivity contribution in [3.8, 4) is 0 Å². The fourth-order valence-electron chi connectivity index (χ4n) is 1.71. The average molecular weight is 391 g/mol. The summed E-state index contributed by atoms with van der Waals surface area (Å²) < 4.78 is 28.1. The summed E-state index contributed by atoms with van der Waals surface area (Å²) >= 11 is 6.44. The molecule has 1 nitrogen and oxygen atoms in total. The lowest BCUT2D eigenvalue weighted by atomic mass is 10.1. The maximum atomic E-state index is 13.6. The van der Waals surface area contributed by atoms with Crippen LogP contribution in [0.1, 0.15) is 11.1 Å². The van der Waals surface area contributed by atoms with Crippen molar-refractivity contribution in [3.05, 3.63) is 62.0 Å². The molecule has 0 amide bonds. The minimum atomic E-state index is -0.309. The van der Waals surface area contributed by atoms with Gasteiger partial charge in [0.05, 0.1) is 4.47 Å². The van der Waals surface area contributed by atoms with Gasteiger partial charge < -0.3 is 5.32 Å². The average Bonchev–Trinajstić information content (AvgIpc) is 2.36. The molecule has 2 aromatic carbocycles. The largest absolute Gasteiger partial charge is 0.381 e. The molecular formula is C14H11Br2F2N. The van der Waals surface area contributed by atoms with Crippen molar-refractivity contribution in [1.29, 1.82) is 0 Å². The van der Waals surface area contributed by atoms with E-state index in [2.05, 4.69) is 37.2 Å². The summed E-state index contributed by atoms with van der Waals surface area (Å²) in [4.78, 5) is 0. The van der Waals surface area contributed by atoms with Crippen molar-refractivity contribution >= 4 is 37.5 Å². The quantitative estimate of drug-likeness (QED) is 0.738. The summed E-state index contributed by atoms with van der Waals surface area (Å²) in [7, 11) is 0. The van der Waals surface area contributed by atoms with Gasteiger partial charge >= 0.3 is 0 Å². The van der Waals surface area contributed by atoms with Gasteiger partial charge in [-0.15, -0.1) is 0 Å². The Balaban J connectivity index is 2.19. The summed E-state index contributed by atoms with van der Waals surface area (Å²) in [5.41, 5.74) is 2.10. The molecule has 0 fully saturated rings. The van der Waals surface area contributed by atoms with Gasteiger partial charge in [-0.25, -0.2) is 8.78 Å². The molecule has 0 saturated heterocycles. The highest BCUT2D eigenvalue weighted by Gasteiger charge is 2.07. The Morgan fingerprint density at radius 1 is 1.05 bits per heavy atom. The van der Waals surface area contributed by atoms with E-state index in [0.717, 1.165) is 15.7 Å². The molecule has 0 saturated carbocycles. The van der Waals surface area contributed by atoms with E-state index in [1.165, 1.54) is 12.1 Å². The standard InChI is InChI=1S/C14H11Br2F2N/c1-8-4-13(18)11(16)6-14(8)19-7-9-5-10(15)2-3-12(9)17/h2-6,19H,7H2,1H3. The number of benzene rings is 2. The maximum Gasteiger partial charge on any atom is 0.137 e. The number of anilines is 1. The molecule has 0 aliphatic rings. The van der Waals surface area contributed by atoms with Crippen molar-refractivity contribution in [3.63, 3.8) is 0 Å². The second-order valence-electron chi connectivity index (χ2n) is 4.17.